The molecule has 4 heterocycles. The van der Waals surface area contributed by atoms with Gasteiger partial charge < -0.3 is 29.2 Å². The Bertz CT molecular complexity index is 1590. The highest BCUT2D eigenvalue weighted by atomic mass is 35.5. The number of pyridine rings is 1. The van der Waals surface area contributed by atoms with E-state index in [9.17, 15) is 9.59 Å². The number of carbonyl (C=O) groups is 1. The first-order valence-electron chi connectivity index (χ1n) is 15.8. The quantitative estimate of drug-likeness (QED) is 0.350. The van der Waals surface area contributed by atoms with Crippen molar-refractivity contribution in [2.45, 2.75) is 65.5 Å². The van der Waals surface area contributed by atoms with Crippen molar-refractivity contribution in [3.8, 4) is 5.75 Å². The molecule has 0 aliphatic carbocycles. The number of piperidine rings is 1. The van der Waals surface area contributed by atoms with Crippen LogP contribution in [0, 0.1) is 5.92 Å². The molecule has 1 aromatic carbocycles. The second-order valence-corrected chi connectivity index (χ2v) is 13.8. The van der Waals surface area contributed by atoms with Gasteiger partial charge in [-0.05, 0) is 84.6 Å². The second kappa shape index (κ2) is 13.0. The number of anilines is 3. The van der Waals surface area contributed by atoms with E-state index < -0.39 is 5.60 Å². The Labute approximate surface area is 270 Å². The Morgan fingerprint density at radius 1 is 1.04 bits per heavy atom. The normalized spacial score (nSPS) is 17.1. The fourth-order valence-corrected chi connectivity index (χ4v) is 6.50. The van der Waals surface area contributed by atoms with Gasteiger partial charge in [-0.1, -0.05) is 11.6 Å². The van der Waals surface area contributed by atoms with Gasteiger partial charge in [0.1, 0.15) is 10.6 Å². The topological polar surface area (TPSA) is 105 Å². The highest BCUT2D eigenvalue weighted by Gasteiger charge is 2.40. The zero-order chi connectivity index (χ0) is 32.5. The smallest absolute Gasteiger partial charge is 0.410 e. The van der Waals surface area contributed by atoms with Crippen molar-refractivity contribution in [2.75, 3.05) is 56.1 Å². The minimum Gasteiger partial charge on any atom is -0.488 e. The van der Waals surface area contributed by atoms with Crippen molar-refractivity contribution >= 4 is 46.1 Å². The number of nitrogens with zero attached hydrogens (tertiary/aromatic N) is 6. The van der Waals surface area contributed by atoms with E-state index in [0.29, 0.717) is 35.1 Å². The summed E-state index contributed by atoms with van der Waals surface area (Å²) in [4.78, 5) is 41.1. The number of piperazine rings is 1. The van der Waals surface area contributed by atoms with Crippen molar-refractivity contribution in [3.05, 3.63) is 45.8 Å². The van der Waals surface area contributed by atoms with E-state index in [2.05, 4.69) is 33.9 Å². The molecule has 5 rings (SSSR count). The standard InChI is InChI=1S/C33H46ClN7O4/c1-8-44-27-20-22-19-24(9-10-26(22)38(7)29(27)42)36-28-25(34)21-35-30(37-28)39-15-17-41(18-16-39)33(5,6)23-11-13-40(14-12-23)31(43)45-32(2,3)4/h9-10,19-21,23H,8,11-18H2,1-7H3,(H,35,36,37). The third-order valence-corrected chi connectivity index (χ3v) is 9.28. The lowest BCUT2D eigenvalue weighted by Gasteiger charge is -2.50. The lowest BCUT2D eigenvalue weighted by atomic mass is 9.79. The Hall–Kier alpha value is -3.57. The molecule has 0 atom stereocenters. The maximum atomic E-state index is 12.6. The summed E-state index contributed by atoms with van der Waals surface area (Å²) >= 11 is 6.53. The molecule has 0 bridgehead atoms. The summed E-state index contributed by atoms with van der Waals surface area (Å²) in [5, 5.41) is 4.63. The predicted molar refractivity (Wildman–Crippen MR) is 179 cm³/mol. The molecule has 2 aliphatic rings. The first-order chi connectivity index (χ1) is 21.3. The lowest BCUT2D eigenvalue weighted by Crippen LogP contribution is -2.59. The number of fused-ring (bicyclic) bond motifs is 1. The Kier molecular flexibility index (Phi) is 9.51. The number of hydrogen-bond donors (Lipinski definition) is 1. The summed E-state index contributed by atoms with van der Waals surface area (Å²) < 4.78 is 12.7. The molecule has 1 N–H and O–H groups in total. The van der Waals surface area contributed by atoms with Crippen LogP contribution in [0.3, 0.4) is 0 Å². The summed E-state index contributed by atoms with van der Waals surface area (Å²) in [5.74, 6) is 1.96. The van der Waals surface area contributed by atoms with Gasteiger partial charge in [-0.25, -0.2) is 9.78 Å². The van der Waals surface area contributed by atoms with Gasteiger partial charge in [0.05, 0.1) is 18.3 Å². The predicted octanol–water partition coefficient (Wildman–Crippen LogP) is 5.67. The molecule has 2 aliphatic heterocycles. The van der Waals surface area contributed by atoms with Crippen molar-refractivity contribution in [3.63, 3.8) is 0 Å². The van der Waals surface area contributed by atoms with Crippen LogP contribution < -0.4 is 20.5 Å². The molecule has 3 aromatic rings. The van der Waals surface area contributed by atoms with E-state index in [1.807, 2.05) is 50.8 Å². The molecule has 2 saturated heterocycles. The third kappa shape index (κ3) is 7.30. The average Bonchev–Trinajstić information content (AvgIpc) is 3.00. The van der Waals surface area contributed by atoms with Crippen LogP contribution in [0.1, 0.15) is 54.4 Å². The number of benzene rings is 1. The van der Waals surface area contributed by atoms with Crippen LogP contribution in [0.2, 0.25) is 5.02 Å². The van der Waals surface area contributed by atoms with Crippen molar-refractivity contribution in [1.82, 2.24) is 24.3 Å². The first kappa shape index (κ1) is 32.8. The van der Waals surface area contributed by atoms with Crippen LogP contribution in [0.4, 0.5) is 22.2 Å². The average molecular weight is 640 g/mol. The number of aryl methyl sites for hydroxylation is 1. The number of amides is 1. The number of likely N-dealkylation sites (tertiary alicyclic amines) is 1. The summed E-state index contributed by atoms with van der Waals surface area (Å²) in [6.07, 6.45) is 3.34. The van der Waals surface area contributed by atoms with Crippen LogP contribution >= 0.6 is 11.6 Å². The summed E-state index contributed by atoms with van der Waals surface area (Å²) in [5.41, 5.74) is 0.948. The van der Waals surface area contributed by atoms with E-state index in [-0.39, 0.29) is 17.2 Å². The molecule has 1 amide bonds. The molecule has 2 fully saturated rings. The molecule has 0 unspecified atom stereocenters. The van der Waals surface area contributed by atoms with Gasteiger partial charge in [0.2, 0.25) is 5.95 Å². The first-order valence-corrected chi connectivity index (χ1v) is 16.2. The van der Waals surface area contributed by atoms with Gasteiger partial charge in [0.25, 0.3) is 5.56 Å². The molecule has 244 valence electrons. The molecule has 45 heavy (non-hydrogen) atoms. The number of aromatic nitrogens is 3. The monoisotopic (exact) mass is 639 g/mol. The van der Waals surface area contributed by atoms with Crippen molar-refractivity contribution in [1.29, 1.82) is 0 Å². The van der Waals surface area contributed by atoms with Gasteiger partial charge in [-0.3, -0.25) is 9.69 Å². The van der Waals surface area contributed by atoms with Crippen molar-refractivity contribution < 1.29 is 14.3 Å². The number of hydrogen-bond acceptors (Lipinski definition) is 9. The largest absolute Gasteiger partial charge is 0.488 e. The minimum atomic E-state index is -0.482. The van der Waals surface area contributed by atoms with Gasteiger partial charge in [0, 0.05) is 62.9 Å². The maximum absolute atomic E-state index is 12.6. The zero-order valence-corrected chi connectivity index (χ0v) is 28.3. The fraction of sp³-hybridized carbons (Fsp3) is 0.576. The summed E-state index contributed by atoms with van der Waals surface area (Å²) in [7, 11) is 1.74. The van der Waals surface area contributed by atoms with Crippen LogP contribution in [-0.2, 0) is 11.8 Å². The molecule has 11 nitrogen and oxygen atoms in total. The highest BCUT2D eigenvalue weighted by Crippen LogP contribution is 2.35. The van der Waals surface area contributed by atoms with E-state index in [1.165, 1.54) is 0 Å². The molecule has 12 heteroatoms. The van der Waals surface area contributed by atoms with Gasteiger partial charge in [0.15, 0.2) is 11.6 Å². The number of halogens is 1. The van der Waals surface area contributed by atoms with E-state index >= 15 is 0 Å². The van der Waals surface area contributed by atoms with Crippen LogP contribution in [0.25, 0.3) is 10.9 Å². The Morgan fingerprint density at radius 3 is 2.38 bits per heavy atom. The minimum absolute atomic E-state index is 0.00128. The number of nitrogens with one attached hydrogen (secondary N) is 1. The molecule has 0 radical (unpaired) electrons. The van der Waals surface area contributed by atoms with Crippen molar-refractivity contribution in [2.24, 2.45) is 13.0 Å². The number of carbonyl (C=O) groups excluding carboxylic acids is 1. The van der Waals surface area contributed by atoms with Gasteiger partial charge >= 0.3 is 6.09 Å². The number of ether oxygens (including phenoxy) is 2. The summed E-state index contributed by atoms with van der Waals surface area (Å²) in [6, 6.07) is 7.52. The molecule has 0 saturated carbocycles. The van der Waals surface area contributed by atoms with Crippen LogP contribution in [0.15, 0.2) is 35.3 Å². The van der Waals surface area contributed by atoms with Gasteiger partial charge in [-0.15, -0.1) is 0 Å². The maximum Gasteiger partial charge on any atom is 0.410 e. The van der Waals surface area contributed by atoms with E-state index in [1.54, 1.807) is 23.9 Å². The zero-order valence-electron chi connectivity index (χ0n) is 27.5. The van der Waals surface area contributed by atoms with E-state index in [0.717, 1.165) is 68.7 Å². The van der Waals surface area contributed by atoms with Crippen LogP contribution in [0.5, 0.6) is 5.75 Å². The Balaban J connectivity index is 1.22. The molecule has 2 aromatic heterocycles. The third-order valence-electron chi connectivity index (χ3n) is 9.01. The lowest BCUT2D eigenvalue weighted by molar-refractivity contribution is -0.00191. The van der Waals surface area contributed by atoms with Crippen LogP contribution in [-0.4, -0.2) is 87.4 Å². The molecule has 0 spiro atoms. The molecular formula is C33H46ClN7O4. The van der Waals surface area contributed by atoms with Gasteiger partial charge in [-0.2, -0.15) is 4.98 Å². The molecular weight excluding hydrogens is 594 g/mol. The summed E-state index contributed by atoms with van der Waals surface area (Å²) in [6.45, 7) is 17.5. The second-order valence-electron chi connectivity index (χ2n) is 13.4. The van der Waals surface area contributed by atoms with E-state index in [4.69, 9.17) is 26.1 Å². The number of rotatable bonds is 7. The SMILES string of the molecule is CCOc1cc2cc(Nc3nc(N4CCN(C(C)(C)C5CCN(C(=O)OC(C)(C)C)CC5)CC4)ncc3Cl)ccc2n(C)c1=O. The fourth-order valence-electron chi connectivity index (χ4n) is 6.36. The Morgan fingerprint density at radius 2 is 1.73 bits per heavy atom. The highest BCUT2D eigenvalue weighted by molar-refractivity contribution is 6.32.